The predicted octanol–water partition coefficient (Wildman–Crippen LogP) is 2.90. The first-order valence-corrected chi connectivity index (χ1v) is 7.57. The smallest absolute Gasteiger partial charge is 0.224 e. The van der Waals surface area contributed by atoms with Crippen LogP contribution in [0.25, 0.3) is 0 Å². The summed E-state index contributed by atoms with van der Waals surface area (Å²) in [6, 6.07) is 6.55. The maximum atomic E-state index is 11.5. The summed E-state index contributed by atoms with van der Waals surface area (Å²) in [6.45, 7) is 5.97. The van der Waals surface area contributed by atoms with Gasteiger partial charge in [0.25, 0.3) is 0 Å². The van der Waals surface area contributed by atoms with Gasteiger partial charge in [0.05, 0.1) is 0 Å². The van der Waals surface area contributed by atoms with Gasteiger partial charge < -0.3 is 16.0 Å². The molecule has 1 unspecified atom stereocenters. The molecule has 2 rings (SSSR count). The minimum absolute atomic E-state index is 0.0548. The number of hydrogen-bond acceptors (Lipinski definition) is 3. The molecular weight excluding hydrogens is 250 g/mol. The van der Waals surface area contributed by atoms with E-state index in [9.17, 15) is 4.79 Å². The van der Waals surface area contributed by atoms with Crippen LogP contribution in [0.4, 0.5) is 11.4 Å². The van der Waals surface area contributed by atoms with Crippen LogP contribution in [-0.4, -0.2) is 25.0 Å². The van der Waals surface area contributed by atoms with Crippen LogP contribution >= 0.6 is 0 Å². The lowest BCUT2D eigenvalue weighted by molar-refractivity contribution is -0.115. The van der Waals surface area contributed by atoms with Crippen molar-refractivity contribution in [3.63, 3.8) is 0 Å². The van der Waals surface area contributed by atoms with E-state index < -0.39 is 0 Å². The Labute approximate surface area is 121 Å². The second kappa shape index (κ2) is 7.29. The van der Waals surface area contributed by atoms with E-state index >= 15 is 0 Å². The molecule has 1 aliphatic rings. The van der Waals surface area contributed by atoms with E-state index in [1.54, 1.807) is 0 Å². The topological polar surface area (TPSA) is 53.2 Å². The maximum absolute atomic E-state index is 11.5. The molecule has 1 aliphatic heterocycles. The molecule has 110 valence electrons. The molecule has 0 spiro atoms. The van der Waals surface area contributed by atoms with Gasteiger partial charge in [0, 0.05) is 30.4 Å². The number of carbonyl (C=O) groups excluding carboxylic acids is 1. The van der Waals surface area contributed by atoms with Gasteiger partial charge in [-0.1, -0.05) is 19.4 Å². The Kier molecular flexibility index (Phi) is 5.41. The fourth-order valence-electron chi connectivity index (χ4n) is 2.53. The van der Waals surface area contributed by atoms with E-state index in [1.807, 2.05) is 26.0 Å². The number of rotatable bonds is 5. The molecule has 1 atom stereocenters. The zero-order chi connectivity index (χ0) is 14.4. The summed E-state index contributed by atoms with van der Waals surface area (Å²) >= 11 is 0. The largest absolute Gasteiger partial charge is 0.383 e. The van der Waals surface area contributed by atoms with Crippen molar-refractivity contribution in [3.8, 4) is 0 Å². The first kappa shape index (κ1) is 14.9. The Bertz CT molecular complexity index is 453. The third-order valence-corrected chi connectivity index (χ3v) is 3.88. The number of carbonyl (C=O) groups is 1. The van der Waals surface area contributed by atoms with Crippen molar-refractivity contribution < 1.29 is 4.79 Å². The highest BCUT2D eigenvalue weighted by molar-refractivity contribution is 5.92. The van der Waals surface area contributed by atoms with Crippen LogP contribution < -0.4 is 16.0 Å². The minimum Gasteiger partial charge on any atom is -0.383 e. The number of piperidine rings is 1. The van der Waals surface area contributed by atoms with Gasteiger partial charge >= 0.3 is 0 Å². The van der Waals surface area contributed by atoms with Gasteiger partial charge in [0.2, 0.25) is 5.91 Å². The van der Waals surface area contributed by atoms with Gasteiger partial charge in [0.15, 0.2) is 0 Å². The van der Waals surface area contributed by atoms with Gasteiger partial charge in [-0.05, 0) is 44.0 Å². The number of hydrogen-bond donors (Lipinski definition) is 3. The zero-order valence-corrected chi connectivity index (χ0v) is 12.5. The number of anilines is 2. The van der Waals surface area contributed by atoms with Gasteiger partial charge in [-0.15, -0.1) is 0 Å². The standard InChI is InChI=1S/C16H25N3O/c1-3-16(20)19-15-9-6-8-14(12(15)2)18-11-13-7-4-5-10-17-13/h6,8-9,13,17-18H,3-5,7,10-11H2,1-2H3,(H,19,20). The molecular formula is C16H25N3O. The fourth-order valence-corrected chi connectivity index (χ4v) is 2.53. The molecule has 0 radical (unpaired) electrons. The number of benzene rings is 1. The van der Waals surface area contributed by atoms with E-state index in [4.69, 9.17) is 0 Å². The summed E-state index contributed by atoms with van der Waals surface area (Å²) in [5.74, 6) is 0.0548. The molecule has 0 saturated carbocycles. The Balaban J connectivity index is 1.96. The SMILES string of the molecule is CCC(=O)Nc1cccc(NCC2CCCCN2)c1C. The highest BCUT2D eigenvalue weighted by Crippen LogP contribution is 2.23. The second-order valence-corrected chi connectivity index (χ2v) is 5.41. The molecule has 1 aromatic rings. The van der Waals surface area contributed by atoms with Crippen molar-refractivity contribution in [2.24, 2.45) is 0 Å². The Morgan fingerprint density at radius 2 is 2.15 bits per heavy atom. The Hall–Kier alpha value is -1.55. The Morgan fingerprint density at radius 1 is 1.35 bits per heavy atom. The summed E-state index contributed by atoms with van der Waals surface area (Å²) in [7, 11) is 0. The van der Waals surface area contributed by atoms with Crippen molar-refractivity contribution in [1.82, 2.24) is 5.32 Å². The molecule has 0 aromatic heterocycles. The van der Waals surface area contributed by atoms with E-state index in [-0.39, 0.29) is 5.91 Å². The van der Waals surface area contributed by atoms with Crippen LogP contribution in [0.2, 0.25) is 0 Å². The molecule has 1 saturated heterocycles. The first-order valence-electron chi connectivity index (χ1n) is 7.57. The normalized spacial score (nSPS) is 18.6. The molecule has 3 N–H and O–H groups in total. The maximum Gasteiger partial charge on any atom is 0.224 e. The number of nitrogens with one attached hydrogen (secondary N) is 3. The molecule has 1 heterocycles. The summed E-state index contributed by atoms with van der Waals surface area (Å²) < 4.78 is 0. The second-order valence-electron chi connectivity index (χ2n) is 5.41. The highest BCUT2D eigenvalue weighted by Gasteiger charge is 2.13. The summed E-state index contributed by atoms with van der Waals surface area (Å²) in [4.78, 5) is 11.5. The molecule has 4 nitrogen and oxygen atoms in total. The summed E-state index contributed by atoms with van der Waals surface area (Å²) in [6.07, 6.45) is 4.33. The number of amides is 1. The monoisotopic (exact) mass is 275 g/mol. The lowest BCUT2D eigenvalue weighted by atomic mass is 10.0. The molecule has 4 heteroatoms. The minimum atomic E-state index is 0.0548. The van der Waals surface area contributed by atoms with E-state index in [2.05, 4.69) is 22.0 Å². The van der Waals surface area contributed by atoms with Gasteiger partial charge in [-0.2, -0.15) is 0 Å². The summed E-state index contributed by atoms with van der Waals surface area (Å²) in [5, 5.41) is 9.98. The van der Waals surface area contributed by atoms with Gasteiger partial charge in [-0.25, -0.2) is 0 Å². The van der Waals surface area contributed by atoms with Crippen LogP contribution in [0.15, 0.2) is 18.2 Å². The zero-order valence-electron chi connectivity index (χ0n) is 12.5. The van der Waals surface area contributed by atoms with Crippen molar-refractivity contribution in [1.29, 1.82) is 0 Å². The quantitative estimate of drug-likeness (QED) is 0.774. The third kappa shape index (κ3) is 3.97. The molecule has 0 bridgehead atoms. The van der Waals surface area contributed by atoms with Crippen molar-refractivity contribution >= 4 is 17.3 Å². The van der Waals surface area contributed by atoms with Gasteiger partial charge in [0.1, 0.15) is 0 Å². The predicted molar refractivity (Wildman–Crippen MR) is 84.2 cm³/mol. The van der Waals surface area contributed by atoms with Crippen LogP contribution in [0.3, 0.4) is 0 Å². The molecule has 1 fully saturated rings. The van der Waals surface area contributed by atoms with Crippen LogP contribution in [0.1, 0.15) is 38.2 Å². The van der Waals surface area contributed by atoms with Crippen LogP contribution in [0.5, 0.6) is 0 Å². The van der Waals surface area contributed by atoms with Crippen molar-refractivity contribution in [2.45, 2.75) is 45.6 Å². The average molecular weight is 275 g/mol. The lowest BCUT2D eigenvalue weighted by Gasteiger charge is -2.24. The lowest BCUT2D eigenvalue weighted by Crippen LogP contribution is -2.39. The Morgan fingerprint density at radius 3 is 2.85 bits per heavy atom. The van der Waals surface area contributed by atoms with Gasteiger partial charge in [-0.3, -0.25) is 4.79 Å². The molecule has 1 amide bonds. The molecule has 20 heavy (non-hydrogen) atoms. The first-order chi connectivity index (χ1) is 9.70. The van der Waals surface area contributed by atoms with Crippen LogP contribution in [0, 0.1) is 6.92 Å². The van der Waals surface area contributed by atoms with E-state index in [1.165, 1.54) is 19.3 Å². The van der Waals surface area contributed by atoms with Crippen molar-refractivity contribution in [3.05, 3.63) is 23.8 Å². The molecule has 1 aromatic carbocycles. The highest BCUT2D eigenvalue weighted by atomic mass is 16.1. The third-order valence-electron chi connectivity index (χ3n) is 3.88. The molecule has 0 aliphatic carbocycles. The van der Waals surface area contributed by atoms with Crippen LogP contribution in [-0.2, 0) is 4.79 Å². The van der Waals surface area contributed by atoms with E-state index in [0.717, 1.165) is 30.0 Å². The van der Waals surface area contributed by atoms with E-state index in [0.29, 0.717) is 12.5 Å². The average Bonchev–Trinajstić information content (AvgIpc) is 2.49. The fraction of sp³-hybridized carbons (Fsp3) is 0.562. The summed E-state index contributed by atoms with van der Waals surface area (Å²) in [5.41, 5.74) is 3.11. The van der Waals surface area contributed by atoms with Crippen molar-refractivity contribution in [2.75, 3.05) is 23.7 Å².